The van der Waals surface area contributed by atoms with E-state index in [1.54, 1.807) is 6.92 Å². The van der Waals surface area contributed by atoms with Crippen LogP contribution in [0.1, 0.15) is 13.8 Å². The van der Waals surface area contributed by atoms with Crippen LogP contribution in [0, 0.1) is 10.1 Å². The molecule has 8 nitrogen and oxygen atoms in total. The average molecular weight is 282 g/mol. The minimum Gasteiger partial charge on any atom is -0.475 e. The molecule has 0 spiro atoms. The molecule has 0 unspecified atom stereocenters. The monoisotopic (exact) mass is 282 g/mol. The maximum atomic E-state index is 11.1. The molecule has 0 radical (unpaired) electrons. The van der Waals surface area contributed by atoms with Crippen LogP contribution < -0.4 is 10.1 Å². The summed E-state index contributed by atoms with van der Waals surface area (Å²) in [7, 11) is 0. The molecule has 20 heavy (non-hydrogen) atoms. The predicted molar refractivity (Wildman–Crippen MR) is 69.5 cm³/mol. The Bertz CT molecular complexity index is 529. The van der Waals surface area contributed by atoms with Crippen LogP contribution in [0.25, 0.3) is 0 Å². The van der Waals surface area contributed by atoms with Gasteiger partial charge in [0.05, 0.1) is 11.5 Å². The maximum absolute atomic E-state index is 11.1. The Morgan fingerprint density at radius 1 is 1.40 bits per heavy atom. The van der Waals surface area contributed by atoms with Gasteiger partial charge in [-0.1, -0.05) is 0 Å². The van der Waals surface area contributed by atoms with Gasteiger partial charge in [-0.15, -0.1) is 0 Å². The third-order valence-corrected chi connectivity index (χ3v) is 2.13. The third kappa shape index (κ3) is 4.56. The Hall–Kier alpha value is -2.64. The van der Waals surface area contributed by atoms with E-state index in [4.69, 9.17) is 4.74 Å². The number of nitrogens with one attached hydrogen (secondary N) is 1. The van der Waals surface area contributed by atoms with Crippen molar-refractivity contribution in [2.24, 2.45) is 0 Å². The fraction of sp³-hybridized carbons (Fsp3) is 0.333. The molecule has 0 fully saturated rings. The summed E-state index contributed by atoms with van der Waals surface area (Å²) in [4.78, 5) is 32.3. The van der Waals surface area contributed by atoms with Crippen LogP contribution in [0.3, 0.4) is 0 Å². The van der Waals surface area contributed by atoms with E-state index < -0.39 is 17.5 Å². The van der Waals surface area contributed by atoms with Crippen LogP contribution >= 0.6 is 0 Å². The van der Waals surface area contributed by atoms with Crippen LogP contribution in [-0.4, -0.2) is 30.0 Å². The molecule has 1 aromatic rings. The minimum absolute atomic E-state index is 0.0721. The van der Waals surface area contributed by atoms with Crippen LogP contribution in [0.5, 0.6) is 5.75 Å². The van der Waals surface area contributed by atoms with E-state index in [9.17, 15) is 19.7 Å². The first-order valence-electron chi connectivity index (χ1n) is 5.78. The summed E-state index contributed by atoms with van der Waals surface area (Å²) >= 11 is 0. The first-order valence-corrected chi connectivity index (χ1v) is 5.78. The van der Waals surface area contributed by atoms with Gasteiger partial charge >= 0.3 is 11.7 Å². The number of nitrogens with zero attached hydrogens (tertiary/aromatic N) is 1. The van der Waals surface area contributed by atoms with E-state index >= 15 is 0 Å². The number of carbonyl (C=O) groups excluding carboxylic acids is 2. The van der Waals surface area contributed by atoms with Gasteiger partial charge in [-0.3, -0.25) is 14.9 Å². The number of anilines is 1. The molecule has 1 N–H and O–H groups in total. The summed E-state index contributed by atoms with van der Waals surface area (Å²) < 4.78 is 9.69. The zero-order valence-corrected chi connectivity index (χ0v) is 11.0. The van der Waals surface area contributed by atoms with Gasteiger partial charge in [0, 0.05) is 18.7 Å². The number of amides is 1. The number of nitro benzene ring substituents is 1. The molecule has 1 amide bonds. The summed E-state index contributed by atoms with van der Waals surface area (Å²) in [6.07, 6.45) is 0. The highest BCUT2D eigenvalue weighted by atomic mass is 16.6. The van der Waals surface area contributed by atoms with Crippen molar-refractivity contribution < 1.29 is 24.0 Å². The zero-order valence-electron chi connectivity index (χ0n) is 11.0. The summed E-state index contributed by atoms with van der Waals surface area (Å²) in [5.41, 5.74) is -0.0757. The first-order chi connectivity index (χ1) is 9.43. The number of hydrogen-bond donors (Lipinski definition) is 1. The Kier molecular flexibility index (Phi) is 5.45. The molecular weight excluding hydrogens is 268 g/mol. The lowest BCUT2D eigenvalue weighted by Gasteiger charge is -2.08. The smallest absolute Gasteiger partial charge is 0.344 e. The largest absolute Gasteiger partial charge is 0.475 e. The second kappa shape index (κ2) is 7.07. The highest BCUT2D eigenvalue weighted by molar-refractivity contribution is 5.89. The van der Waals surface area contributed by atoms with Gasteiger partial charge in [-0.2, -0.15) is 0 Å². The number of carbonyl (C=O) groups is 2. The molecule has 8 heteroatoms. The van der Waals surface area contributed by atoms with Crippen molar-refractivity contribution in [1.29, 1.82) is 0 Å². The van der Waals surface area contributed by atoms with Gasteiger partial charge in [-0.05, 0) is 19.1 Å². The lowest BCUT2D eigenvalue weighted by Crippen LogP contribution is -2.15. The minimum atomic E-state index is -0.661. The quantitative estimate of drug-likeness (QED) is 0.481. The molecule has 0 aliphatic rings. The van der Waals surface area contributed by atoms with Crippen molar-refractivity contribution in [3.05, 3.63) is 28.3 Å². The van der Waals surface area contributed by atoms with Gasteiger partial charge in [0.15, 0.2) is 12.4 Å². The maximum Gasteiger partial charge on any atom is 0.344 e. The Balaban J connectivity index is 2.87. The van der Waals surface area contributed by atoms with Crippen molar-refractivity contribution in [1.82, 2.24) is 0 Å². The molecule has 1 rings (SSSR count). The van der Waals surface area contributed by atoms with Gasteiger partial charge in [-0.25, -0.2) is 4.79 Å². The zero-order chi connectivity index (χ0) is 15.1. The van der Waals surface area contributed by atoms with Crippen LogP contribution in [0.15, 0.2) is 18.2 Å². The second-order valence-electron chi connectivity index (χ2n) is 3.71. The lowest BCUT2D eigenvalue weighted by atomic mass is 10.2. The summed E-state index contributed by atoms with van der Waals surface area (Å²) in [5, 5.41) is 13.3. The van der Waals surface area contributed by atoms with Gasteiger partial charge < -0.3 is 14.8 Å². The van der Waals surface area contributed by atoms with Crippen molar-refractivity contribution in [3.8, 4) is 5.75 Å². The van der Waals surface area contributed by atoms with Gasteiger partial charge in [0.1, 0.15) is 0 Å². The van der Waals surface area contributed by atoms with E-state index in [0.717, 1.165) is 6.07 Å². The molecule has 0 atom stereocenters. The standard InChI is InChI=1S/C12H14N2O6/c1-3-19-12(16)7-20-11-5-4-9(13-8(2)15)6-10(11)14(17)18/h4-6H,3,7H2,1-2H3,(H,13,15). The summed E-state index contributed by atoms with van der Waals surface area (Å²) in [6.45, 7) is 2.71. The molecule has 0 saturated carbocycles. The lowest BCUT2D eigenvalue weighted by molar-refractivity contribution is -0.385. The second-order valence-corrected chi connectivity index (χ2v) is 3.71. The van der Waals surface area contributed by atoms with E-state index in [-0.39, 0.29) is 29.6 Å². The fourth-order valence-corrected chi connectivity index (χ4v) is 1.40. The number of hydrogen-bond acceptors (Lipinski definition) is 6. The molecule has 1 aromatic carbocycles. The van der Waals surface area contributed by atoms with E-state index in [0.29, 0.717) is 0 Å². The van der Waals surface area contributed by atoms with Crippen LogP contribution in [0.4, 0.5) is 11.4 Å². The van der Waals surface area contributed by atoms with Crippen molar-refractivity contribution in [3.63, 3.8) is 0 Å². The molecule has 108 valence electrons. The SMILES string of the molecule is CCOC(=O)COc1ccc(NC(C)=O)cc1[N+](=O)[O-]. The fourth-order valence-electron chi connectivity index (χ4n) is 1.40. The average Bonchev–Trinajstić information content (AvgIpc) is 2.36. The first kappa shape index (κ1) is 15.4. The molecule has 0 saturated heterocycles. The van der Waals surface area contributed by atoms with Crippen molar-refractivity contribution in [2.45, 2.75) is 13.8 Å². The third-order valence-electron chi connectivity index (χ3n) is 2.13. The molecule has 0 heterocycles. The van der Waals surface area contributed by atoms with Crippen molar-refractivity contribution >= 4 is 23.3 Å². The summed E-state index contributed by atoms with van der Waals surface area (Å²) in [5.74, 6) is -1.04. The van der Waals surface area contributed by atoms with Crippen LogP contribution in [0.2, 0.25) is 0 Å². The molecule has 0 bridgehead atoms. The highest BCUT2D eigenvalue weighted by Crippen LogP contribution is 2.30. The number of ether oxygens (including phenoxy) is 2. The number of rotatable bonds is 6. The van der Waals surface area contributed by atoms with Crippen molar-refractivity contribution in [2.75, 3.05) is 18.5 Å². The Morgan fingerprint density at radius 3 is 2.65 bits per heavy atom. The number of nitro groups is 1. The van der Waals surface area contributed by atoms with Gasteiger partial charge in [0.25, 0.3) is 0 Å². The normalized spacial score (nSPS) is 9.70. The molecular formula is C12H14N2O6. The van der Waals surface area contributed by atoms with Gasteiger partial charge in [0.2, 0.25) is 5.91 Å². The molecule has 0 aromatic heterocycles. The van der Waals surface area contributed by atoms with E-state index in [1.165, 1.54) is 19.1 Å². The molecule has 0 aliphatic carbocycles. The number of esters is 1. The number of benzene rings is 1. The Labute approximate surface area is 114 Å². The van der Waals surface area contributed by atoms with Crippen LogP contribution in [-0.2, 0) is 14.3 Å². The topological polar surface area (TPSA) is 108 Å². The van der Waals surface area contributed by atoms with E-state index in [2.05, 4.69) is 10.1 Å². The predicted octanol–water partition coefficient (Wildman–Crippen LogP) is 1.50. The van der Waals surface area contributed by atoms with E-state index in [1.807, 2.05) is 0 Å². The highest BCUT2D eigenvalue weighted by Gasteiger charge is 2.17. The summed E-state index contributed by atoms with van der Waals surface area (Å²) in [6, 6.07) is 3.90. The molecule has 0 aliphatic heterocycles. The Morgan fingerprint density at radius 2 is 2.10 bits per heavy atom.